The van der Waals surface area contributed by atoms with Gasteiger partial charge in [-0.25, -0.2) is 9.59 Å². The van der Waals surface area contributed by atoms with Crippen LogP contribution in [0.4, 0.5) is 4.79 Å². The third-order valence-electron chi connectivity index (χ3n) is 2.52. The lowest BCUT2D eigenvalue weighted by atomic mass is 10.2. The van der Waals surface area contributed by atoms with Crippen LogP contribution in [0, 0.1) is 0 Å². The van der Waals surface area contributed by atoms with Crippen LogP contribution in [-0.2, 0) is 16.1 Å². The molecule has 0 saturated heterocycles. The van der Waals surface area contributed by atoms with Gasteiger partial charge in [0.1, 0.15) is 6.04 Å². The Balaban J connectivity index is 2.59. The summed E-state index contributed by atoms with van der Waals surface area (Å²) in [5.41, 5.74) is 5.78. The van der Waals surface area contributed by atoms with Gasteiger partial charge in [-0.2, -0.15) is 0 Å². The molecule has 1 aromatic rings. The summed E-state index contributed by atoms with van der Waals surface area (Å²) >= 11 is 0. The standard InChI is InChI=1S/C12H16N4O4/c1-16(7-8-2-4-14-5-3-8)12(20)15-9(11(18)19)6-10(13)17/h2-5,9H,6-7H2,1H3,(H2,13,17)(H,15,20)(H,18,19). The fourth-order valence-corrected chi connectivity index (χ4v) is 1.49. The second-order valence-corrected chi connectivity index (χ2v) is 4.22. The zero-order valence-corrected chi connectivity index (χ0v) is 10.9. The fourth-order valence-electron chi connectivity index (χ4n) is 1.49. The molecule has 0 fully saturated rings. The number of nitrogens with one attached hydrogen (secondary N) is 1. The molecule has 0 radical (unpaired) electrons. The molecule has 0 aliphatic carbocycles. The predicted molar refractivity (Wildman–Crippen MR) is 69.5 cm³/mol. The zero-order chi connectivity index (χ0) is 15.1. The smallest absolute Gasteiger partial charge is 0.326 e. The average Bonchev–Trinajstić information content (AvgIpc) is 2.38. The zero-order valence-electron chi connectivity index (χ0n) is 10.9. The molecule has 0 bridgehead atoms. The van der Waals surface area contributed by atoms with Gasteiger partial charge in [-0.3, -0.25) is 9.78 Å². The first-order chi connectivity index (χ1) is 9.40. The summed E-state index contributed by atoms with van der Waals surface area (Å²) in [5, 5.41) is 11.1. The van der Waals surface area contributed by atoms with E-state index in [2.05, 4.69) is 10.3 Å². The molecule has 108 valence electrons. The maximum absolute atomic E-state index is 11.8. The predicted octanol–water partition coefficient (Wildman–Crippen LogP) is -0.448. The van der Waals surface area contributed by atoms with Crippen LogP contribution in [-0.4, -0.2) is 46.0 Å². The number of carbonyl (C=O) groups excluding carboxylic acids is 2. The van der Waals surface area contributed by atoms with E-state index in [1.165, 1.54) is 11.9 Å². The summed E-state index contributed by atoms with van der Waals surface area (Å²) in [6, 6.07) is 1.54. The minimum Gasteiger partial charge on any atom is -0.480 e. The van der Waals surface area contributed by atoms with Crippen molar-refractivity contribution in [2.45, 2.75) is 19.0 Å². The van der Waals surface area contributed by atoms with Gasteiger partial charge in [-0.05, 0) is 17.7 Å². The van der Waals surface area contributed by atoms with E-state index in [1.54, 1.807) is 24.5 Å². The number of urea groups is 1. The Bertz CT molecular complexity index is 491. The van der Waals surface area contributed by atoms with E-state index in [0.29, 0.717) is 0 Å². The van der Waals surface area contributed by atoms with E-state index in [-0.39, 0.29) is 6.54 Å². The maximum Gasteiger partial charge on any atom is 0.326 e. The van der Waals surface area contributed by atoms with Crippen molar-refractivity contribution in [1.29, 1.82) is 0 Å². The average molecular weight is 280 g/mol. The second kappa shape index (κ2) is 7.07. The number of amides is 3. The number of hydrogen-bond donors (Lipinski definition) is 3. The molecule has 1 aromatic heterocycles. The molecule has 4 N–H and O–H groups in total. The minimum absolute atomic E-state index is 0.289. The van der Waals surface area contributed by atoms with Crippen molar-refractivity contribution >= 4 is 17.9 Å². The van der Waals surface area contributed by atoms with Crippen LogP contribution in [0.2, 0.25) is 0 Å². The molecule has 0 saturated carbocycles. The first-order valence-corrected chi connectivity index (χ1v) is 5.81. The number of nitrogens with zero attached hydrogens (tertiary/aromatic N) is 2. The number of carboxylic acid groups (broad SMARTS) is 1. The Morgan fingerprint density at radius 2 is 2.00 bits per heavy atom. The highest BCUT2D eigenvalue weighted by Crippen LogP contribution is 2.02. The normalized spacial score (nSPS) is 11.4. The van der Waals surface area contributed by atoms with Crippen molar-refractivity contribution in [3.63, 3.8) is 0 Å². The molecular formula is C12H16N4O4. The molecule has 20 heavy (non-hydrogen) atoms. The molecular weight excluding hydrogens is 264 g/mol. The van der Waals surface area contributed by atoms with Gasteiger partial charge >= 0.3 is 12.0 Å². The summed E-state index contributed by atoms with van der Waals surface area (Å²) in [5.74, 6) is -2.11. The van der Waals surface area contributed by atoms with E-state index in [9.17, 15) is 14.4 Å². The second-order valence-electron chi connectivity index (χ2n) is 4.22. The van der Waals surface area contributed by atoms with Crippen molar-refractivity contribution in [2.75, 3.05) is 7.05 Å². The van der Waals surface area contributed by atoms with Crippen molar-refractivity contribution in [1.82, 2.24) is 15.2 Å². The Labute approximate surface area is 115 Å². The lowest BCUT2D eigenvalue weighted by Crippen LogP contribution is -2.48. The summed E-state index contributed by atoms with van der Waals surface area (Å²) in [6.45, 7) is 0.289. The van der Waals surface area contributed by atoms with Crippen molar-refractivity contribution in [3.8, 4) is 0 Å². The largest absolute Gasteiger partial charge is 0.480 e. The van der Waals surface area contributed by atoms with Gasteiger partial charge in [0.05, 0.1) is 6.42 Å². The van der Waals surface area contributed by atoms with Gasteiger partial charge < -0.3 is 21.1 Å². The number of carboxylic acids is 1. The molecule has 1 unspecified atom stereocenters. The van der Waals surface area contributed by atoms with E-state index in [4.69, 9.17) is 10.8 Å². The molecule has 1 rings (SSSR count). The van der Waals surface area contributed by atoms with Crippen LogP contribution in [0.1, 0.15) is 12.0 Å². The number of aromatic nitrogens is 1. The van der Waals surface area contributed by atoms with Crippen LogP contribution < -0.4 is 11.1 Å². The number of hydrogen-bond acceptors (Lipinski definition) is 4. The van der Waals surface area contributed by atoms with Gasteiger partial charge in [0.2, 0.25) is 5.91 Å². The Morgan fingerprint density at radius 3 is 2.50 bits per heavy atom. The molecule has 0 spiro atoms. The lowest BCUT2D eigenvalue weighted by Gasteiger charge is -2.20. The highest BCUT2D eigenvalue weighted by Gasteiger charge is 2.23. The monoisotopic (exact) mass is 280 g/mol. The van der Waals surface area contributed by atoms with Crippen LogP contribution >= 0.6 is 0 Å². The van der Waals surface area contributed by atoms with Gasteiger partial charge in [-0.15, -0.1) is 0 Å². The van der Waals surface area contributed by atoms with Crippen LogP contribution in [0.5, 0.6) is 0 Å². The lowest BCUT2D eigenvalue weighted by molar-refractivity contribution is -0.140. The van der Waals surface area contributed by atoms with Crippen molar-refractivity contribution < 1.29 is 19.5 Å². The number of aliphatic carboxylic acids is 1. The highest BCUT2D eigenvalue weighted by atomic mass is 16.4. The fraction of sp³-hybridized carbons (Fsp3) is 0.333. The van der Waals surface area contributed by atoms with Crippen LogP contribution in [0.25, 0.3) is 0 Å². The molecule has 1 heterocycles. The molecule has 0 aromatic carbocycles. The van der Waals surface area contributed by atoms with Gasteiger partial charge in [0.25, 0.3) is 0 Å². The van der Waals surface area contributed by atoms with E-state index in [0.717, 1.165) is 5.56 Å². The molecule has 3 amide bonds. The summed E-state index contributed by atoms with van der Waals surface area (Å²) < 4.78 is 0. The quantitative estimate of drug-likeness (QED) is 0.650. The van der Waals surface area contributed by atoms with E-state index < -0.39 is 30.4 Å². The first-order valence-electron chi connectivity index (χ1n) is 5.81. The van der Waals surface area contributed by atoms with E-state index in [1.807, 2.05) is 0 Å². The maximum atomic E-state index is 11.8. The SMILES string of the molecule is CN(Cc1ccncc1)C(=O)NC(CC(N)=O)C(=O)O. The van der Waals surface area contributed by atoms with Crippen molar-refractivity contribution in [2.24, 2.45) is 5.73 Å². The van der Waals surface area contributed by atoms with Crippen LogP contribution in [0.3, 0.4) is 0 Å². The summed E-state index contributed by atoms with van der Waals surface area (Å²) in [6.07, 6.45) is 2.73. The number of nitrogens with two attached hydrogens (primary N) is 1. The Kier molecular flexibility index (Phi) is 5.45. The summed E-state index contributed by atoms with van der Waals surface area (Å²) in [7, 11) is 1.51. The summed E-state index contributed by atoms with van der Waals surface area (Å²) in [4.78, 5) is 38.6. The van der Waals surface area contributed by atoms with Gasteiger partial charge in [-0.1, -0.05) is 0 Å². The molecule has 0 aliphatic rings. The third kappa shape index (κ3) is 4.92. The van der Waals surface area contributed by atoms with Crippen LogP contribution in [0.15, 0.2) is 24.5 Å². The van der Waals surface area contributed by atoms with Crippen molar-refractivity contribution in [3.05, 3.63) is 30.1 Å². The first kappa shape index (κ1) is 15.4. The van der Waals surface area contributed by atoms with Gasteiger partial charge in [0, 0.05) is 26.0 Å². The highest BCUT2D eigenvalue weighted by molar-refractivity contribution is 5.87. The topological polar surface area (TPSA) is 126 Å². The Hall–Kier alpha value is -2.64. The molecule has 8 nitrogen and oxygen atoms in total. The third-order valence-corrected chi connectivity index (χ3v) is 2.52. The Morgan fingerprint density at radius 1 is 1.40 bits per heavy atom. The molecule has 0 aliphatic heterocycles. The molecule has 1 atom stereocenters. The number of pyridine rings is 1. The van der Waals surface area contributed by atoms with E-state index >= 15 is 0 Å². The minimum atomic E-state index is -1.33. The number of rotatable bonds is 6. The molecule has 8 heteroatoms. The van der Waals surface area contributed by atoms with Gasteiger partial charge in [0.15, 0.2) is 0 Å². The number of carbonyl (C=O) groups is 3. The number of primary amides is 1.